The molecule has 38 heavy (non-hydrogen) atoms. The molecule has 1 aliphatic heterocycles. The van der Waals surface area contributed by atoms with Gasteiger partial charge in [-0.3, -0.25) is 9.48 Å². The molecule has 1 aliphatic rings. The SMILES string of the molecule is C=CC(=O)Nc1cc(Nc2cc(-c3ccc4cnn(C)c4c3)ncn2)c(OC)cc1N1CCN(C)[C@H](C)C1. The fourth-order valence-corrected chi connectivity index (χ4v) is 4.67. The summed E-state index contributed by atoms with van der Waals surface area (Å²) in [6, 6.07) is 12.2. The number of likely N-dealkylation sites (N-methyl/N-ethyl adjacent to an activating group) is 1. The number of anilines is 4. The van der Waals surface area contributed by atoms with E-state index in [1.807, 2.05) is 48.3 Å². The number of amides is 1. The molecular weight excluding hydrogens is 480 g/mol. The predicted molar refractivity (Wildman–Crippen MR) is 151 cm³/mol. The smallest absolute Gasteiger partial charge is 0.247 e. The van der Waals surface area contributed by atoms with Crippen LogP contribution in [0.2, 0.25) is 0 Å². The molecule has 196 valence electrons. The minimum absolute atomic E-state index is 0.278. The monoisotopic (exact) mass is 512 g/mol. The first-order chi connectivity index (χ1) is 18.4. The molecule has 1 atom stereocenters. The zero-order chi connectivity index (χ0) is 26.8. The quantitative estimate of drug-likeness (QED) is 0.358. The van der Waals surface area contributed by atoms with Gasteiger partial charge < -0.3 is 25.2 Å². The number of aryl methyl sites for hydroxylation is 1. The summed E-state index contributed by atoms with van der Waals surface area (Å²) >= 11 is 0. The molecule has 0 unspecified atom stereocenters. The molecule has 1 fully saturated rings. The average Bonchev–Trinajstić information content (AvgIpc) is 3.30. The maximum atomic E-state index is 12.3. The first kappa shape index (κ1) is 25.2. The molecule has 10 nitrogen and oxygen atoms in total. The maximum absolute atomic E-state index is 12.3. The molecule has 0 aliphatic carbocycles. The van der Waals surface area contributed by atoms with Gasteiger partial charge in [-0.15, -0.1) is 0 Å². The van der Waals surface area contributed by atoms with Crippen LogP contribution in [0.3, 0.4) is 0 Å². The van der Waals surface area contributed by atoms with Gasteiger partial charge in [-0.25, -0.2) is 9.97 Å². The Kier molecular flexibility index (Phi) is 6.97. The number of ether oxygens (including phenoxy) is 1. The van der Waals surface area contributed by atoms with Crippen molar-refractivity contribution in [2.24, 2.45) is 7.05 Å². The summed E-state index contributed by atoms with van der Waals surface area (Å²) in [4.78, 5) is 25.8. The van der Waals surface area contributed by atoms with E-state index in [9.17, 15) is 4.79 Å². The van der Waals surface area contributed by atoms with Crippen molar-refractivity contribution in [2.45, 2.75) is 13.0 Å². The van der Waals surface area contributed by atoms with Crippen LogP contribution < -0.4 is 20.3 Å². The molecule has 3 heterocycles. The van der Waals surface area contributed by atoms with Gasteiger partial charge in [0.05, 0.1) is 41.6 Å². The number of fused-ring (bicyclic) bond motifs is 1. The van der Waals surface area contributed by atoms with Gasteiger partial charge in [0, 0.05) is 55.8 Å². The van der Waals surface area contributed by atoms with Crippen molar-refractivity contribution >= 4 is 39.7 Å². The molecule has 0 radical (unpaired) electrons. The number of hydrogen-bond donors (Lipinski definition) is 2. The van der Waals surface area contributed by atoms with Crippen molar-refractivity contribution in [3.05, 3.63) is 61.6 Å². The van der Waals surface area contributed by atoms with Crippen molar-refractivity contribution in [2.75, 3.05) is 49.3 Å². The molecule has 1 saturated heterocycles. The number of hydrogen-bond acceptors (Lipinski definition) is 8. The van der Waals surface area contributed by atoms with Gasteiger partial charge in [-0.05, 0) is 32.2 Å². The summed E-state index contributed by atoms with van der Waals surface area (Å²) < 4.78 is 7.60. The van der Waals surface area contributed by atoms with Gasteiger partial charge in [-0.2, -0.15) is 5.10 Å². The minimum Gasteiger partial charge on any atom is -0.494 e. The Morgan fingerprint density at radius 2 is 1.97 bits per heavy atom. The Balaban J connectivity index is 1.49. The molecule has 10 heteroatoms. The van der Waals surface area contributed by atoms with Crippen molar-refractivity contribution in [3.63, 3.8) is 0 Å². The van der Waals surface area contributed by atoms with Crippen molar-refractivity contribution in [1.29, 1.82) is 0 Å². The Bertz CT molecular complexity index is 1500. The molecule has 0 saturated carbocycles. The van der Waals surface area contributed by atoms with Crippen LogP contribution in [0, 0.1) is 0 Å². The van der Waals surface area contributed by atoms with E-state index in [2.05, 4.69) is 62.1 Å². The average molecular weight is 513 g/mol. The van der Waals surface area contributed by atoms with Crippen LogP contribution in [0.1, 0.15) is 6.92 Å². The number of carbonyl (C=O) groups is 1. The van der Waals surface area contributed by atoms with Gasteiger partial charge in [0.2, 0.25) is 5.91 Å². The Labute approximate surface area is 221 Å². The Hall–Kier alpha value is -4.44. The summed E-state index contributed by atoms with van der Waals surface area (Å²) in [5.41, 5.74) is 4.99. The molecule has 4 aromatic rings. The molecule has 0 spiro atoms. The van der Waals surface area contributed by atoms with E-state index in [4.69, 9.17) is 4.74 Å². The number of nitrogens with zero attached hydrogens (tertiary/aromatic N) is 6. The van der Waals surface area contributed by atoms with Gasteiger partial charge in [-0.1, -0.05) is 18.7 Å². The summed E-state index contributed by atoms with van der Waals surface area (Å²) in [6.07, 6.45) is 4.63. The van der Waals surface area contributed by atoms with Crippen LogP contribution in [0.4, 0.5) is 22.9 Å². The predicted octanol–water partition coefficient (Wildman–Crippen LogP) is 4.05. The number of aromatic nitrogens is 4. The van der Waals surface area contributed by atoms with Crippen LogP contribution in [-0.2, 0) is 11.8 Å². The van der Waals surface area contributed by atoms with Gasteiger partial charge >= 0.3 is 0 Å². The van der Waals surface area contributed by atoms with Gasteiger partial charge in [0.15, 0.2) is 0 Å². The second-order valence-corrected chi connectivity index (χ2v) is 9.49. The van der Waals surface area contributed by atoms with Crippen molar-refractivity contribution in [3.8, 4) is 17.0 Å². The molecule has 2 aromatic carbocycles. The highest BCUT2D eigenvalue weighted by atomic mass is 16.5. The van der Waals surface area contributed by atoms with Crippen molar-refractivity contribution < 1.29 is 9.53 Å². The molecule has 2 N–H and O–H groups in total. The van der Waals surface area contributed by atoms with E-state index in [0.29, 0.717) is 29.0 Å². The summed E-state index contributed by atoms with van der Waals surface area (Å²) in [5, 5.41) is 11.7. The number of rotatable bonds is 7. The topological polar surface area (TPSA) is 100 Å². The lowest BCUT2D eigenvalue weighted by atomic mass is 10.1. The van der Waals surface area contributed by atoms with E-state index < -0.39 is 0 Å². The maximum Gasteiger partial charge on any atom is 0.247 e. The Morgan fingerprint density at radius 3 is 2.74 bits per heavy atom. The summed E-state index contributed by atoms with van der Waals surface area (Å²) in [7, 11) is 5.68. The van der Waals surface area contributed by atoms with Crippen LogP contribution in [0.5, 0.6) is 5.75 Å². The molecule has 0 bridgehead atoms. The fraction of sp³-hybridized carbons (Fsp3) is 0.286. The highest BCUT2D eigenvalue weighted by Crippen LogP contribution is 2.39. The standard InChI is InChI=1S/C28H32N8O2/c1-6-28(37)33-22-12-23(26(38-5)14-25(22)36-10-9-34(3)18(2)16-36)32-27-13-21(29-17-30-27)19-7-8-20-15-31-35(4)24(20)11-19/h6-8,11-15,17-18H,1,9-10,16H2,2-5H3,(H,33,37)(H,29,30,32)/t18-/m1/s1. The second-order valence-electron chi connectivity index (χ2n) is 9.49. The lowest BCUT2D eigenvalue weighted by Gasteiger charge is -2.39. The normalized spacial score (nSPS) is 15.9. The molecule has 2 aromatic heterocycles. The van der Waals surface area contributed by atoms with E-state index in [-0.39, 0.29) is 5.91 Å². The van der Waals surface area contributed by atoms with Gasteiger partial charge in [0.25, 0.3) is 0 Å². The zero-order valence-electron chi connectivity index (χ0n) is 22.1. The number of methoxy groups -OCH3 is 1. The first-order valence-electron chi connectivity index (χ1n) is 12.5. The summed E-state index contributed by atoms with van der Waals surface area (Å²) in [6.45, 7) is 8.40. The van der Waals surface area contributed by atoms with E-state index in [1.54, 1.807) is 7.11 Å². The van der Waals surface area contributed by atoms with Crippen LogP contribution >= 0.6 is 0 Å². The first-order valence-corrected chi connectivity index (χ1v) is 12.5. The number of piperazine rings is 1. The lowest BCUT2D eigenvalue weighted by Crippen LogP contribution is -2.50. The Morgan fingerprint density at radius 1 is 1.13 bits per heavy atom. The number of nitrogens with one attached hydrogen (secondary N) is 2. The lowest BCUT2D eigenvalue weighted by molar-refractivity contribution is -0.111. The molecular formula is C28H32N8O2. The van der Waals surface area contributed by atoms with Crippen LogP contribution in [0.25, 0.3) is 22.2 Å². The highest BCUT2D eigenvalue weighted by Gasteiger charge is 2.24. The highest BCUT2D eigenvalue weighted by molar-refractivity contribution is 6.02. The van der Waals surface area contributed by atoms with E-state index in [0.717, 1.165) is 47.5 Å². The number of carbonyl (C=O) groups excluding carboxylic acids is 1. The third-order valence-electron chi connectivity index (χ3n) is 7.04. The largest absolute Gasteiger partial charge is 0.494 e. The minimum atomic E-state index is -0.278. The van der Waals surface area contributed by atoms with Crippen molar-refractivity contribution in [1.82, 2.24) is 24.6 Å². The second kappa shape index (κ2) is 10.5. The molecule has 1 amide bonds. The third kappa shape index (κ3) is 5.03. The van der Waals surface area contributed by atoms with Crippen LogP contribution in [0.15, 0.2) is 61.6 Å². The van der Waals surface area contributed by atoms with Crippen LogP contribution in [-0.4, -0.2) is 70.4 Å². The van der Waals surface area contributed by atoms with E-state index >= 15 is 0 Å². The molecule has 5 rings (SSSR count). The number of benzene rings is 2. The zero-order valence-corrected chi connectivity index (χ0v) is 22.1. The fourth-order valence-electron chi connectivity index (χ4n) is 4.67. The van der Waals surface area contributed by atoms with E-state index in [1.165, 1.54) is 12.4 Å². The van der Waals surface area contributed by atoms with Gasteiger partial charge in [0.1, 0.15) is 17.9 Å². The third-order valence-corrected chi connectivity index (χ3v) is 7.04. The summed E-state index contributed by atoms with van der Waals surface area (Å²) in [5.74, 6) is 0.958.